The third-order valence-electron chi connectivity index (χ3n) is 1.15. The molecule has 0 aliphatic rings. The maximum Gasteiger partial charge on any atom is 0.165 e. The molecule has 1 rings (SSSR count). The Morgan fingerprint density at radius 2 is 2.00 bits per heavy atom. The molecule has 0 amide bonds. The SMILES string of the molecule is C=CCOOc1ccc(Cl)cc1. The Labute approximate surface area is 76.3 Å². The average Bonchev–Trinajstić information content (AvgIpc) is 2.09. The third kappa shape index (κ3) is 2.95. The smallest absolute Gasteiger partial charge is 0.165 e. The average molecular weight is 185 g/mol. The highest BCUT2D eigenvalue weighted by Gasteiger charge is 1.92. The van der Waals surface area contributed by atoms with Gasteiger partial charge in [-0.1, -0.05) is 17.7 Å². The van der Waals surface area contributed by atoms with Gasteiger partial charge in [0.15, 0.2) is 5.75 Å². The minimum atomic E-state index is 0.364. The summed E-state index contributed by atoms with van der Waals surface area (Å²) in [5.41, 5.74) is 0. The van der Waals surface area contributed by atoms with Crippen LogP contribution in [0.1, 0.15) is 0 Å². The van der Waals surface area contributed by atoms with Gasteiger partial charge in [-0.15, -0.1) is 6.58 Å². The van der Waals surface area contributed by atoms with Crippen molar-refractivity contribution in [1.29, 1.82) is 0 Å². The Bertz CT molecular complexity index is 243. The number of benzene rings is 1. The van der Waals surface area contributed by atoms with Gasteiger partial charge in [-0.3, -0.25) is 0 Å². The van der Waals surface area contributed by atoms with E-state index in [4.69, 9.17) is 21.4 Å². The first-order chi connectivity index (χ1) is 5.83. The quantitative estimate of drug-likeness (QED) is 0.310. The van der Waals surface area contributed by atoms with Gasteiger partial charge < -0.3 is 4.89 Å². The highest BCUT2D eigenvalue weighted by molar-refractivity contribution is 6.30. The van der Waals surface area contributed by atoms with Crippen molar-refractivity contribution in [2.24, 2.45) is 0 Å². The van der Waals surface area contributed by atoms with Crippen molar-refractivity contribution < 1.29 is 9.78 Å². The Hall–Kier alpha value is -0.990. The van der Waals surface area contributed by atoms with Gasteiger partial charge in [-0.05, 0) is 24.3 Å². The lowest BCUT2D eigenvalue weighted by molar-refractivity contribution is -0.195. The van der Waals surface area contributed by atoms with E-state index in [1.54, 1.807) is 30.3 Å². The van der Waals surface area contributed by atoms with Gasteiger partial charge in [0, 0.05) is 5.02 Å². The second-order valence-corrected chi connectivity index (χ2v) is 2.55. The molecule has 2 nitrogen and oxygen atoms in total. The zero-order chi connectivity index (χ0) is 8.81. The first-order valence-electron chi connectivity index (χ1n) is 3.49. The summed E-state index contributed by atoms with van der Waals surface area (Å²) in [5, 5.41) is 0.672. The Morgan fingerprint density at radius 1 is 1.33 bits per heavy atom. The minimum absolute atomic E-state index is 0.364. The summed E-state index contributed by atoms with van der Waals surface area (Å²) in [4.78, 5) is 9.62. The number of halogens is 1. The van der Waals surface area contributed by atoms with E-state index >= 15 is 0 Å². The molecule has 0 heterocycles. The molecule has 0 unspecified atom stereocenters. The molecule has 0 aliphatic carbocycles. The Kier molecular flexibility index (Phi) is 3.64. The number of hydrogen-bond acceptors (Lipinski definition) is 2. The monoisotopic (exact) mass is 184 g/mol. The summed E-state index contributed by atoms with van der Waals surface area (Å²) < 4.78 is 0. The second kappa shape index (κ2) is 4.80. The van der Waals surface area contributed by atoms with Crippen LogP contribution in [0.5, 0.6) is 5.75 Å². The lowest BCUT2D eigenvalue weighted by Crippen LogP contribution is -1.95. The van der Waals surface area contributed by atoms with Crippen molar-refractivity contribution in [3.05, 3.63) is 41.9 Å². The number of rotatable bonds is 4. The van der Waals surface area contributed by atoms with Gasteiger partial charge in [-0.2, -0.15) is 4.89 Å². The van der Waals surface area contributed by atoms with Gasteiger partial charge in [0.1, 0.15) is 6.61 Å². The van der Waals surface area contributed by atoms with E-state index in [0.717, 1.165) is 0 Å². The van der Waals surface area contributed by atoms with E-state index in [9.17, 15) is 0 Å². The first-order valence-corrected chi connectivity index (χ1v) is 3.86. The molecule has 0 saturated heterocycles. The predicted molar refractivity (Wildman–Crippen MR) is 48.2 cm³/mol. The van der Waals surface area contributed by atoms with Crippen LogP contribution >= 0.6 is 11.6 Å². The maximum absolute atomic E-state index is 5.66. The first kappa shape index (κ1) is 9.10. The molecule has 1 aromatic carbocycles. The third-order valence-corrected chi connectivity index (χ3v) is 1.41. The summed E-state index contributed by atoms with van der Waals surface area (Å²) in [5.74, 6) is 0.626. The summed E-state index contributed by atoms with van der Waals surface area (Å²) in [7, 11) is 0. The van der Waals surface area contributed by atoms with Crippen molar-refractivity contribution >= 4 is 11.6 Å². The van der Waals surface area contributed by atoms with Crippen LogP contribution in [0.2, 0.25) is 5.02 Å². The van der Waals surface area contributed by atoms with E-state index in [0.29, 0.717) is 17.4 Å². The fourth-order valence-electron chi connectivity index (χ4n) is 0.640. The topological polar surface area (TPSA) is 18.5 Å². The van der Waals surface area contributed by atoms with E-state index in [2.05, 4.69) is 6.58 Å². The van der Waals surface area contributed by atoms with Crippen LogP contribution in [-0.4, -0.2) is 6.61 Å². The van der Waals surface area contributed by atoms with Crippen LogP contribution in [0.3, 0.4) is 0 Å². The zero-order valence-electron chi connectivity index (χ0n) is 6.50. The molecule has 0 atom stereocenters. The van der Waals surface area contributed by atoms with E-state index in [1.807, 2.05) is 0 Å². The van der Waals surface area contributed by atoms with Crippen LogP contribution in [0.15, 0.2) is 36.9 Å². The van der Waals surface area contributed by atoms with Crippen molar-refractivity contribution in [3.8, 4) is 5.75 Å². The lowest BCUT2D eigenvalue weighted by atomic mass is 10.3. The second-order valence-electron chi connectivity index (χ2n) is 2.11. The molecular formula is C9H9ClO2. The van der Waals surface area contributed by atoms with E-state index in [1.165, 1.54) is 0 Å². The zero-order valence-corrected chi connectivity index (χ0v) is 7.25. The lowest BCUT2D eigenvalue weighted by Gasteiger charge is -2.01. The van der Waals surface area contributed by atoms with Crippen molar-refractivity contribution in [3.63, 3.8) is 0 Å². The van der Waals surface area contributed by atoms with Crippen LogP contribution < -0.4 is 4.89 Å². The molecule has 0 fully saturated rings. The summed E-state index contributed by atoms with van der Waals surface area (Å²) in [6.07, 6.45) is 1.61. The number of hydrogen-bond donors (Lipinski definition) is 0. The van der Waals surface area contributed by atoms with Crippen LogP contribution in [-0.2, 0) is 4.89 Å². The summed E-state index contributed by atoms with van der Waals surface area (Å²) >= 11 is 5.66. The molecule has 0 bridgehead atoms. The Morgan fingerprint density at radius 3 is 2.58 bits per heavy atom. The normalized spacial score (nSPS) is 9.42. The molecule has 0 aliphatic heterocycles. The summed E-state index contributed by atoms with van der Waals surface area (Å²) in [6, 6.07) is 6.92. The minimum Gasteiger partial charge on any atom is -0.337 e. The van der Waals surface area contributed by atoms with Crippen molar-refractivity contribution in [2.75, 3.05) is 6.61 Å². The van der Waals surface area contributed by atoms with Gasteiger partial charge in [0.25, 0.3) is 0 Å². The van der Waals surface area contributed by atoms with Gasteiger partial charge in [0.2, 0.25) is 0 Å². The molecule has 0 saturated carbocycles. The molecule has 0 spiro atoms. The van der Waals surface area contributed by atoms with Crippen molar-refractivity contribution in [1.82, 2.24) is 0 Å². The van der Waals surface area contributed by atoms with Crippen molar-refractivity contribution in [2.45, 2.75) is 0 Å². The molecule has 64 valence electrons. The predicted octanol–water partition coefficient (Wildman–Crippen LogP) is 2.84. The largest absolute Gasteiger partial charge is 0.337 e. The molecule has 0 N–H and O–H groups in total. The molecular weight excluding hydrogens is 176 g/mol. The fourth-order valence-corrected chi connectivity index (χ4v) is 0.766. The van der Waals surface area contributed by atoms with Crippen LogP contribution in [0.25, 0.3) is 0 Å². The van der Waals surface area contributed by atoms with Gasteiger partial charge in [-0.25, -0.2) is 0 Å². The highest BCUT2D eigenvalue weighted by atomic mass is 35.5. The maximum atomic E-state index is 5.66. The molecule has 3 heteroatoms. The van der Waals surface area contributed by atoms with Gasteiger partial charge in [0.05, 0.1) is 0 Å². The molecule has 0 aromatic heterocycles. The standard InChI is InChI=1S/C9H9ClO2/c1-2-7-11-12-9-5-3-8(10)4-6-9/h2-6H,1,7H2. The highest BCUT2D eigenvalue weighted by Crippen LogP contribution is 2.15. The molecule has 1 aromatic rings. The molecule has 0 radical (unpaired) electrons. The summed E-state index contributed by atoms with van der Waals surface area (Å²) in [6.45, 7) is 3.84. The van der Waals surface area contributed by atoms with Crippen LogP contribution in [0.4, 0.5) is 0 Å². The van der Waals surface area contributed by atoms with E-state index in [-0.39, 0.29) is 0 Å². The van der Waals surface area contributed by atoms with Gasteiger partial charge >= 0.3 is 0 Å². The van der Waals surface area contributed by atoms with Crippen LogP contribution in [0, 0.1) is 0 Å². The molecule has 12 heavy (non-hydrogen) atoms. The van der Waals surface area contributed by atoms with E-state index < -0.39 is 0 Å². The fraction of sp³-hybridized carbons (Fsp3) is 0.111. The Balaban J connectivity index is 2.42.